The number of nitrogens with one attached hydrogen (secondary N) is 1. The largest absolute Gasteiger partial charge is 0.316 e. The van der Waals surface area contributed by atoms with E-state index in [0.29, 0.717) is 23.4 Å². The van der Waals surface area contributed by atoms with Crippen molar-refractivity contribution in [2.75, 3.05) is 7.05 Å². The number of halogens is 4. The van der Waals surface area contributed by atoms with E-state index in [2.05, 4.69) is 21.2 Å². The summed E-state index contributed by atoms with van der Waals surface area (Å²) in [6, 6.07) is 9.39. The molecule has 2 aromatic rings. The lowest BCUT2D eigenvalue weighted by Gasteiger charge is -2.17. The monoisotopic (exact) mass is 373 g/mol. The molecule has 0 spiro atoms. The molecule has 0 amide bonds. The topological polar surface area (TPSA) is 12.0 Å². The zero-order chi connectivity index (χ0) is 15.4. The molecule has 0 fully saturated rings. The highest BCUT2D eigenvalue weighted by atomic mass is 79.9. The van der Waals surface area contributed by atoms with E-state index in [1.54, 1.807) is 0 Å². The maximum Gasteiger partial charge on any atom is 0.129 e. The molecule has 0 aliphatic carbocycles. The molecule has 0 bridgehead atoms. The standard InChI is InChI=1S/C16H15BrClF2N/c1-21-14(6-10-2-4-12(17)8-15(10)18)7-11-3-5-13(19)9-16(11)20/h2-5,8-9,14,21H,6-7H2,1H3. The van der Waals surface area contributed by atoms with Gasteiger partial charge in [-0.3, -0.25) is 0 Å². The zero-order valence-corrected chi connectivity index (χ0v) is 13.8. The summed E-state index contributed by atoms with van der Waals surface area (Å²) in [5, 5.41) is 3.82. The van der Waals surface area contributed by atoms with Crippen LogP contribution in [0, 0.1) is 11.6 Å². The van der Waals surface area contributed by atoms with Crippen molar-refractivity contribution in [2.24, 2.45) is 0 Å². The Bertz CT molecular complexity index is 580. The molecule has 1 atom stereocenters. The average molecular weight is 375 g/mol. The highest BCUT2D eigenvalue weighted by Crippen LogP contribution is 2.23. The molecule has 1 N–H and O–H groups in total. The fourth-order valence-electron chi connectivity index (χ4n) is 2.18. The van der Waals surface area contributed by atoms with Crippen LogP contribution < -0.4 is 5.32 Å². The Morgan fingerprint density at radius 2 is 1.76 bits per heavy atom. The molecular formula is C16H15BrClF2N. The first kappa shape index (κ1) is 16.4. The zero-order valence-electron chi connectivity index (χ0n) is 11.5. The maximum atomic E-state index is 13.7. The highest BCUT2D eigenvalue weighted by molar-refractivity contribution is 9.10. The molecule has 0 aromatic heterocycles. The molecule has 0 saturated heterocycles. The summed E-state index contributed by atoms with van der Waals surface area (Å²) in [5.41, 5.74) is 1.48. The molecule has 0 heterocycles. The normalized spacial score (nSPS) is 12.4. The summed E-state index contributed by atoms with van der Waals surface area (Å²) < 4.78 is 27.6. The molecule has 0 radical (unpaired) electrons. The number of rotatable bonds is 5. The van der Waals surface area contributed by atoms with Gasteiger partial charge in [0.15, 0.2) is 0 Å². The lowest BCUT2D eigenvalue weighted by atomic mass is 9.98. The molecule has 1 unspecified atom stereocenters. The van der Waals surface area contributed by atoms with Gasteiger partial charge in [0, 0.05) is 21.6 Å². The first-order valence-electron chi connectivity index (χ1n) is 6.54. The minimum Gasteiger partial charge on any atom is -0.316 e. The van der Waals surface area contributed by atoms with Crippen LogP contribution in [0.5, 0.6) is 0 Å². The Balaban J connectivity index is 2.13. The van der Waals surface area contributed by atoms with E-state index >= 15 is 0 Å². The van der Waals surface area contributed by atoms with Crippen molar-refractivity contribution in [3.05, 3.63) is 68.7 Å². The predicted octanol–water partition coefficient (Wildman–Crippen LogP) is 4.75. The fraction of sp³-hybridized carbons (Fsp3) is 0.250. The smallest absolute Gasteiger partial charge is 0.129 e. The highest BCUT2D eigenvalue weighted by Gasteiger charge is 2.14. The van der Waals surface area contributed by atoms with Crippen molar-refractivity contribution in [2.45, 2.75) is 18.9 Å². The molecule has 0 aliphatic heterocycles. The van der Waals surface area contributed by atoms with Crippen LogP contribution in [-0.2, 0) is 12.8 Å². The Hall–Kier alpha value is -0.970. The van der Waals surface area contributed by atoms with Crippen LogP contribution in [-0.4, -0.2) is 13.1 Å². The van der Waals surface area contributed by atoms with Gasteiger partial charge in [-0.05, 0) is 49.2 Å². The van der Waals surface area contributed by atoms with Gasteiger partial charge >= 0.3 is 0 Å². The van der Waals surface area contributed by atoms with Crippen molar-refractivity contribution >= 4 is 27.5 Å². The molecule has 0 saturated carbocycles. The molecule has 1 nitrogen and oxygen atoms in total. The van der Waals surface area contributed by atoms with E-state index in [1.807, 2.05) is 25.2 Å². The number of hydrogen-bond donors (Lipinski definition) is 1. The van der Waals surface area contributed by atoms with Crippen LogP contribution in [0.25, 0.3) is 0 Å². The van der Waals surface area contributed by atoms with E-state index in [9.17, 15) is 8.78 Å². The van der Waals surface area contributed by atoms with E-state index in [-0.39, 0.29) is 6.04 Å². The fourth-order valence-corrected chi connectivity index (χ4v) is 2.93. The summed E-state index contributed by atoms with van der Waals surface area (Å²) in [6.07, 6.45) is 1.13. The van der Waals surface area contributed by atoms with Gasteiger partial charge in [0.2, 0.25) is 0 Å². The van der Waals surface area contributed by atoms with Crippen LogP contribution in [0.4, 0.5) is 8.78 Å². The van der Waals surface area contributed by atoms with Gasteiger partial charge < -0.3 is 5.32 Å². The summed E-state index contributed by atoms with van der Waals surface area (Å²) >= 11 is 9.57. The summed E-state index contributed by atoms with van der Waals surface area (Å²) in [4.78, 5) is 0. The Morgan fingerprint density at radius 1 is 1.10 bits per heavy atom. The van der Waals surface area contributed by atoms with E-state index in [1.165, 1.54) is 12.1 Å². The second-order valence-corrected chi connectivity index (χ2v) is 6.19. The van der Waals surface area contributed by atoms with Crippen LogP contribution in [0.15, 0.2) is 40.9 Å². The quantitative estimate of drug-likeness (QED) is 0.796. The predicted molar refractivity (Wildman–Crippen MR) is 85.8 cm³/mol. The van der Waals surface area contributed by atoms with Gasteiger partial charge in [-0.1, -0.05) is 39.7 Å². The molecular weight excluding hydrogens is 360 g/mol. The summed E-state index contributed by atoms with van der Waals surface area (Å²) in [5.74, 6) is -1.08. The Kier molecular flexibility index (Phi) is 5.73. The van der Waals surface area contributed by atoms with E-state index in [0.717, 1.165) is 16.1 Å². The van der Waals surface area contributed by atoms with E-state index in [4.69, 9.17) is 11.6 Å². The third-order valence-corrected chi connectivity index (χ3v) is 4.22. The lowest BCUT2D eigenvalue weighted by molar-refractivity contribution is 0.524. The first-order chi connectivity index (χ1) is 9.99. The summed E-state index contributed by atoms with van der Waals surface area (Å²) in [7, 11) is 1.82. The van der Waals surface area contributed by atoms with Crippen molar-refractivity contribution in [3.8, 4) is 0 Å². The number of benzene rings is 2. The first-order valence-corrected chi connectivity index (χ1v) is 7.72. The SMILES string of the molecule is CNC(Cc1ccc(F)cc1F)Cc1ccc(Br)cc1Cl. The molecule has 2 rings (SSSR count). The van der Waals surface area contributed by atoms with Gasteiger partial charge in [0.1, 0.15) is 11.6 Å². The van der Waals surface area contributed by atoms with Crippen LogP contribution in [0.3, 0.4) is 0 Å². The van der Waals surface area contributed by atoms with Gasteiger partial charge in [-0.25, -0.2) is 8.78 Å². The second kappa shape index (κ2) is 7.34. The molecule has 112 valence electrons. The number of likely N-dealkylation sites (N-methyl/N-ethyl adjacent to an activating group) is 1. The van der Waals surface area contributed by atoms with Crippen molar-refractivity contribution in [1.82, 2.24) is 5.32 Å². The minimum absolute atomic E-state index is 0.0173. The van der Waals surface area contributed by atoms with E-state index < -0.39 is 11.6 Å². The molecule has 21 heavy (non-hydrogen) atoms. The number of hydrogen-bond acceptors (Lipinski definition) is 1. The van der Waals surface area contributed by atoms with Crippen molar-refractivity contribution in [3.63, 3.8) is 0 Å². The summed E-state index contributed by atoms with van der Waals surface area (Å²) in [6.45, 7) is 0. The molecule has 0 aliphatic rings. The van der Waals surface area contributed by atoms with Crippen molar-refractivity contribution < 1.29 is 8.78 Å². The van der Waals surface area contributed by atoms with Gasteiger partial charge in [-0.15, -0.1) is 0 Å². The average Bonchev–Trinajstić information content (AvgIpc) is 2.43. The lowest BCUT2D eigenvalue weighted by Crippen LogP contribution is -2.30. The maximum absolute atomic E-state index is 13.7. The van der Waals surface area contributed by atoms with Gasteiger partial charge in [0.25, 0.3) is 0 Å². The van der Waals surface area contributed by atoms with Gasteiger partial charge in [-0.2, -0.15) is 0 Å². The third-order valence-electron chi connectivity index (χ3n) is 3.37. The molecule has 2 aromatic carbocycles. The van der Waals surface area contributed by atoms with Gasteiger partial charge in [0.05, 0.1) is 0 Å². The molecule has 5 heteroatoms. The Morgan fingerprint density at radius 3 is 2.38 bits per heavy atom. The van der Waals surface area contributed by atoms with Crippen molar-refractivity contribution in [1.29, 1.82) is 0 Å². The second-order valence-electron chi connectivity index (χ2n) is 4.87. The third kappa shape index (κ3) is 4.50. The Labute approximate surface area is 136 Å². The van der Waals surface area contributed by atoms with Crippen LogP contribution in [0.2, 0.25) is 5.02 Å². The van der Waals surface area contributed by atoms with Crippen LogP contribution >= 0.6 is 27.5 Å². The minimum atomic E-state index is -0.562. The van der Waals surface area contributed by atoms with Crippen LogP contribution in [0.1, 0.15) is 11.1 Å².